The van der Waals surface area contributed by atoms with Crippen molar-refractivity contribution in [2.75, 3.05) is 5.32 Å². The minimum absolute atomic E-state index is 0.125. The summed E-state index contributed by atoms with van der Waals surface area (Å²) >= 11 is 7.53. The van der Waals surface area contributed by atoms with Gasteiger partial charge in [0.15, 0.2) is 5.16 Å². The van der Waals surface area contributed by atoms with E-state index in [9.17, 15) is 9.59 Å². The monoisotopic (exact) mass is 468 g/mol. The van der Waals surface area contributed by atoms with Crippen LogP contribution in [-0.2, 0) is 24.0 Å². The molecule has 1 amide bonds. The molecule has 0 saturated heterocycles. The van der Waals surface area contributed by atoms with Gasteiger partial charge in [-0.2, -0.15) is 0 Å². The second kappa shape index (κ2) is 9.54. The number of thioether (sulfide) groups is 1. The fraction of sp³-hybridized carbons (Fsp3) is 0.227. The van der Waals surface area contributed by atoms with Gasteiger partial charge in [0.2, 0.25) is 5.91 Å². The average molecular weight is 469 g/mol. The third kappa shape index (κ3) is 5.00. The number of carbonyl (C=O) groups is 1. The van der Waals surface area contributed by atoms with Gasteiger partial charge in [-0.05, 0) is 36.8 Å². The van der Waals surface area contributed by atoms with Gasteiger partial charge in [-0.25, -0.2) is 4.98 Å². The molecule has 2 aromatic carbocycles. The first kappa shape index (κ1) is 22.0. The number of hydrogen-bond donors (Lipinski definition) is 2. The number of anilines is 1. The summed E-state index contributed by atoms with van der Waals surface area (Å²) < 4.78 is 1.85. The topological polar surface area (TPSA) is 106 Å². The molecule has 0 saturated carbocycles. The number of aryl methyl sites for hydroxylation is 2. The average Bonchev–Trinajstić information content (AvgIpc) is 3.13. The molecule has 0 radical (unpaired) electrons. The van der Waals surface area contributed by atoms with Crippen LogP contribution in [0.25, 0.3) is 10.9 Å². The molecule has 32 heavy (non-hydrogen) atoms. The highest BCUT2D eigenvalue weighted by Gasteiger charge is 2.13. The van der Waals surface area contributed by atoms with E-state index in [4.69, 9.17) is 11.6 Å². The minimum atomic E-state index is -0.161. The van der Waals surface area contributed by atoms with Crippen molar-refractivity contribution in [1.29, 1.82) is 0 Å². The molecule has 4 aromatic rings. The molecule has 0 atom stereocenters. The highest BCUT2D eigenvalue weighted by atomic mass is 35.5. The number of aromatic amines is 1. The van der Waals surface area contributed by atoms with E-state index in [0.717, 1.165) is 5.56 Å². The van der Waals surface area contributed by atoms with Gasteiger partial charge in [0.1, 0.15) is 11.6 Å². The van der Waals surface area contributed by atoms with Crippen molar-refractivity contribution >= 4 is 45.9 Å². The number of fused-ring (bicyclic) bond motifs is 1. The maximum Gasteiger partial charge on any atom is 0.258 e. The normalized spacial score (nSPS) is 11.1. The molecule has 0 bridgehead atoms. The Balaban J connectivity index is 1.35. The first-order valence-electron chi connectivity index (χ1n) is 9.95. The van der Waals surface area contributed by atoms with Crippen LogP contribution in [0.1, 0.15) is 23.6 Å². The highest BCUT2D eigenvalue weighted by Crippen LogP contribution is 2.22. The molecule has 0 spiro atoms. The predicted molar refractivity (Wildman–Crippen MR) is 126 cm³/mol. The van der Waals surface area contributed by atoms with Gasteiger partial charge in [-0.1, -0.05) is 41.6 Å². The standard InChI is InChI=1S/C22H21ClN6O2S/c1-13-7-8-14(11-16(13)23)24-20(30)10-9-19-27-28-22(29(19)2)32-12-18-25-17-6-4-3-5-15(17)21(31)26-18/h3-8,11H,9-10,12H2,1-2H3,(H,24,30)(H,25,26,31). The van der Waals surface area contributed by atoms with Gasteiger partial charge in [-0.3, -0.25) is 9.59 Å². The van der Waals surface area contributed by atoms with E-state index in [1.165, 1.54) is 11.8 Å². The van der Waals surface area contributed by atoms with Crippen molar-refractivity contribution in [3.05, 3.63) is 75.1 Å². The quantitative estimate of drug-likeness (QED) is 0.399. The molecular weight excluding hydrogens is 448 g/mol. The molecular formula is C22H21ClN6O2S. The molecule has 2 aromatic heterocycles. The van der Waals surface area contributed by atoms with Gasteiger partial charge < -0.3 is 14.9 Å². The predicted octanol–water partition coefficient (Wildman–Crippen LogP) is 3.88. The zero-order chi connectivity index (χ0) is 22.7. The number of benzene rings is 2. The number of nitrogens with zero attached hydrogens (tertiary/aromatic N) is 4. The van der Waals surface area contributed by atoms with Crippen LogP contribution in [0.2, 0.25) is 5.02 Å². The second-order valence-electron chi connectivity index (χ2n) is 7.29. The Bertz CT molecular complexity index is 1350. The first-order valence-corrected chi connectivity index (χ1v) is 11.3. The summed E-state index contributed by atoms with van der Waals surface area (Å²) in [5, 5.41) is 13.1. The number of aromatic nitrogens is 5. The molecule has 0 fully saturated rings. The van der Waals surface area contributed by atoms with Gasteiger partial charge in [0.25, 0.3) is 5.56 Å². The SMILES string of the molecule is Cc1ccc(NC(=O)CCc2nnc(SCc3nc4ccccc4c(=O)[nH]3)n2C)cc1Cl. The summed E-state index contributed by atoms with van der Waals surface area (Å²) in [6.07, 6.45) is 0.711. The number of H-pyrrole nitrogens is 1. The second-order valence-corrected chi connectivity index (χ2v) is 8.64. The summed E-state index contributed by atoms with van der Waals surface area (Å²) in [7, 11) is 1.85. The van der Waals surface area contributed by atoms with Gasteiger partial charge >= 0.3 is 0 Å². The lowest BCUT2D eigenvalue weighted by Gasteiger charge is -2.07. The molecule has 0 aliphatic rings. The largest absolute Gasteiger partial charge is 0.326 e. The Morgan fingerprint density at radius 3 is 2.84 bits per heavy atom. The van der Waals surface area contributed by atoms with E-state index in [0.29, 0.717) is 50.6 Å². The van der Waals surface area contributed by atoms with Crippen LogP contribution >= 0.6 is 23.4 Å². The van der Waals surface area contributed by atoms with Crippen LogP contribution in [0.3, 0.4) is 0 Å². The van der Waals surface area contributed by atoms with E-state index in [1.54, 1.807) is 12.1 Å². The molecule has 10 heteroatoms. The van der Waals surface area contributed by atoms with Crippen LogP contribution in [0.4, 0.5) is 5.69 Å². The molecule has 8 nitrogen and oxygen atoms in total. The van der Waals surface area contributed by atoms with Crippen molar-refractivity contribution < 1.29 is 4.79 Å². The molecule has 164 valence electrons. The van der Waals surface area contributed by atoms with Crippen LogP contribution in [0.5, 0.6) is 0 Å². The minimum Gasteiger partial charge on any atom is -0.326 e. The molecule has 2 heterocycles. The van der Waals surface area contributed by atoms with E-state index >= 15 is 0 Å². The summed E-state index contributed by atoms with van der Waals surface area (Å²) in [4.78, 5) is 31.8. The van der Waals surface area contributed by atoms with Crippen molar-refractivity contribution in [2.45, 2.75) is 30.7 Å². The van der Waals surface area contributed by atoms with Crippen LogP contribution in [0.15, 0.2) is 52.4 Å². The molecule has 2 N–H and O–H groups in total. The number of amides is 1. The maximum absolute atomic E-state index is 12.3. The Kier molecular flexibility index (Phi) is 6.57. The van der Waals surface area contributed by atoms with E-state index in [1.807, 2.05) is 48.9 Å². The number of halogens is 1. The first-order chi connectivity index (χ1) is 15.4. The fourth-order valence-corrected chi connectivity index (χ4v) is 4.12. The summed E-state index contributed by atoms with van der Waals surface area (Å²) in [6.45, 7) is 1.91. The number of rotatable bonds is 7. The third-order valence-corrected chi connectivity index (χ3v) is 6.39. The number of para-hydroxylation sites is 1. The lowest BCUT2D eigenvalue weighted by molar-refractivity contribution is -0.116. The smallest absolute Gasteiger partial charge is 0.258 e. The molecule has 0 aliphatic heterocycles. The lowest BCUT2D eigenvalue weighted by Crippen LogP contribution is -2.13. The van der Waals surface area contributed by atoms with Gasteiger partial charge in [0.05, 0.1) is 16.7 Å². The molecule has 0 aliphatic carbocycles. The van der Waals surface area contributed by atoms with Gasteiger partial charge in [0, 0.05) is 30.6 Å². The van der Waals surface area contributed by atoms with Crippen molar-refractivity contribution in [1.82, 2.24) is 24.7 Å². The fourth-order valence-electron chi connectivity index (χ4n) is 3.14. The zero-order valence-electron chi connectivity index (χ0n) is 17.6. The van der Waals surface area contributed by atoms with Gasteiger partial charge in [-0.15, -0.1) is 10.2 Å². The summed E-state index contributed by atoms with van der Waals surface area (Å²) in [6, 6.07) is 12.6. The molecule has 0 unspecified atom stereocenters. The summed E-state index contributed by atoms with van der Waals surface area (Å²) in [5.74, 6) is 1.59. The number of nitrogens with one attached hydrogen (secondary N) is 2. The third-order valence-electron chi connectivity index (χ3n) is 4.96. The van der Waals surface area contributed by atoms with Crippen LogP contribution in [-0.4, -0.2) is 30.6 Å². The van der Waals surface area contributed by atoms with Crippen molar-refractivity contribution in [2.24, 2.45) is 7.05 Å². The highest BCUT2D eigenvalue weighted by molar-refractivity contribution is 7.98. The Labute approximate surface area is 193 Å². The van der Waals surface area contributed by atoms with Crippen LogP contribution in [0, 0.1) is 6.92 Å². The Morgan fingerprint density at radius 1 is 1.22 bits per heavy atom. The lowest BCUT2D eigenvalue weighted by atomic mass is 10.2. The maximum atomic E-state index is 12.3. The van der Waals surface area contributed by atoms with E-state index in [-0.39, 0.29) is 17.9 Å². The van der Waals surface area contributed by atoms with Crippen molar-refractivity contribution in [3.8, 4) is 0 Å². The Morgan fingerprint density at radius 2 is 2.03 bits per heavy atom. The zero-order valence-corrected chi connectivity index (χ0v) is 19.1. The number of hydrogen-bond acceptors (Lipinski definition) is 6. The molecule has 4 rings (SSSR count). The van der Waals surface area contributed by atoms with E-state index < -0.39 is 0 Å². The summed E-state index contributed by atoms with van der Waals surface area (Å²) in [5.41, 5.74) is 2.12. The Hall–Kier alpha value is -3.17. The number of carbonyl (C=O) groups excluding carboxylic acids is 1. The van der Waals surface area contributed by atoms with E-state index in [2.05, 4.69) is 25.5 Å². The van der Waals surface area contributed by atoms with Crippen molar-refractivity contribution in [3.63, 3.8) is 0 Å². The van der Waals surface area contributed by atoms with Crippen LogP contribution < -0.4 is 10.9 Å².